The molecule has 1 unspecified atom stereocenters. The van der Waals surface area contributed by atoms with Crippen LogP contribution in [0.2, 0.25) is 0 Å². The number of oxime groups is 1. The minimum absolute atomic E-state index is 0.187. The van der Waals surface area contributed by atoms with Crippen LogP contribution in [0.25, 0.3) is 0 Å². The smallest absolute Gasteiger partial charge is 0.254 e. The molecule has 0 fully saturated rings. The molecule has 0 aromatic heterocycles. The van der Waals surface area contributed by atoms with Crippen molar-refractivity contribution >= 4 is 11.7 Å². The van der Waals surface area contributed by atoms with E-state index in [9.17, 15) is 13.6 Å². The fraction of sp³-hybridized carbons (Fsp3) is 0.273. The molecule has 18 heavy (non-hydrogen) atoms. The van der Waals surface area contributed by atoms with Gasteiger partial charge >= 0.3 is 0 Å². The third-order valence-corrected chi connectivity index (χ3v) is 2.36. The second-order valence-electron chi connectivity index (χ2n) is 3.58. The molecular formula is C11H13F2N3O2. The molecule has 0 saturated carbocycles. The van der Waals surface area contributed by atoms with Crippen molar-refractivity contribution in [3.63, 3.8) is 0 Å². The number of nitrogens with zero attached hydrogens (tertiary/aromatic N) is 1. The molecule has 0 aliphatic rings. The number of carbonyl (C=O) groups excluding carboxylic acids is 1. The molecule has 0 aliphatic heterocycles. The van der Waals surface area contributed by atoms with Crippen molar-refractivity contribution < 1.29 is 18.8 Å². The summed E-state index contributed by atoms with van der Waals surface area (Å²) in [5, 5.41) is 13.6. The number of rotatable bonds is 4. The van der Waals surface area contributed by atoms with E-state index < -0.39 is 23.6 Å². The van der Waals surface area contributed by atoms with Gasteiger partial charge in [0.1, 0.15) is 11.6 Å². The Hall–Kier alpha value is -2.18. The summed E-state index contributed by atoms with van der Waals surface area (Å²) in [6, 6.07) is 1.90. The van der Waals surface area contributed by atoms with Crippen LogP contribution in [-0.4, -0.2) is 23.0 Å². The highest BCUT2D eigenvalue weighted by atomic mass is 19.1. The van der Waals surface area contributed by atoms with E-state index in [4.69, 9.17) is 10.9 Å². The number of benzene rings is 1. The van der Waals surface area contributed by atoms with Crippen LogP contribution >= 0.6 is 0 Å². The van der Waals surface area contributed by atoms with E-state index >= 15 is 0 Å². The Kier molecular flexibility index (Phi) is 4.59. The first-order valence-corrected chi connectivity index (χ1v) is 5.23. The van der Waals surface area contributed by atoms with Crippen molar-refractivity contribution in [3.05, 3.63) is 35.4 Å². The number of amides is 1. The molecular weight excluding hydrogens is 244 g/mol. The summed E-state index contributed by atoms with van der Waals surface area (Å²) >= 11 is 0. The molecule has 0 heterocycles. The Morgan fingerprint density at radius 3 is 2.72 bits per heavy atom. The van der Waals surface area contributed by atoms with Gasteiger partial charge in [0.05, 0.1) is 11.6 Å². The monoisotopic (exact) mass is 257 g/mol. The quantitative estimate of drug-likeness (QED) is 0.328. The van der Waals surface area contributed by atoms with Crippen molar-refractivity contribution in [2.24, 2.45) is 10.9 Å². The fourth-order valence-electron chi connectivity index (χ4n) is 1.36. The number of nitrogens with two attached hydrogens (primary N) is 1. The Morgan fingerprint density at radius 2 is 2.22 bits per heavy atom. The third kappa shape index (κ3) is 3.16. The molecule has 1 rings (SSSR count). The minimum Gasteiger partial charge on any atom is -0.409 e. The molecule has 1 aromatic rings. The lowest BCUT2D eigenvalue weighted by Gasteiger charge is -2.15. The first kappa shape index (κ1) is 13.9. The van der Waals surface area contributed by atoms with Gasteiger partial charge in [0.2, 0.25) is 0 Å². The summed E-state index contributed by atoms with van der Waals surface area (Å²) in [7, 11) is 0. The molecule has 98 valence electrons. The first-order valence-electron chi connectivity index (χ1n) is 5.23. The van der Waals surface area contributed by atoms with Crippen LogP contribution in [0.4, 0.5) is 8.78 Å². The average Bonchev–Trinajstić information content (AvgIpc) is 2.34. The van der Waals surface area contributed by atoms with Crippen LogP contribution in [0.1, 0.15) is 23.7 Å². The molecule has 0 radical (unpaired) electrons. The Bertz CT molecular complexity index is 477. The van der Waals surface area contributed by atoms with Gasteiger partial charge < -0.3 is 16.3 Å². The SMILES string of the molecule is CCC(NC(=O)c1ccc(F)cc1F)/C(N)=N/O. The maximum absolute atomic E-state index is 13.3. The highest BCUT2D eigenvalue weighted by Crippen LogP contribution is 2.09. The second kappa shape index (κ2) is 5.95. The lowest BCUT2D eigenvalue weighted by Crippen LogP contribution is -2.44. The molecule has 0 aliphatic carbocycles. The summed E-state index contributed by atoms with van der Waals surface area (Å²) in [4.78, 5) is 11.7. The maximum atomic E-state index is 13.3. The zero-order valence-corrected chi connectivity index (χ0v) is 9.65. The molecule has 7 heteroatoms. The largest absolute Gasteiger partial charge is 0.409 e. The summed E-state index contributed by atoms with van der Waals surface area (Å²) in [6.07, 6.45) is 0.366. The molecule has 5 nitrogen and oxygen atoms in total. The Labute approximate surface area is 102 Å². The highest BCUT2D eigenvalue weighted by Gasteiger charge is 2.18. The van der Waals surface area contributed by atoms with E-state index in [-0.39, 0.29) is 11.4 Å². The van der Waals surface area contributed by atoms with Crippen LogP contribution in [-0.2, 0) is 0 Å². The van der Waals surface area contributed by atoms with Gasteiger partial charge in [-0.1, -0.05) is 12.1 Å². The normalized spacial score (nSPS) is 13.2. The van der Waals surface area contributed by atoms with Crippen molar-refractivity contribution in [1.82, 2.24) is 5.32 Å². The lowest BCUT2D eigenvalue weighted by molar-refractivity contribution is 0.0941. The average molecular weight is 257 g/mol. The number of halogens is 2. The van der Waals surface area contributed by atoms with Gasteiger partial charge in [0, 0.05) is 6.07 Å². The van der Waals surface area contributed by atoms with Gasteiger partial charge in [-0.3, -0.25) is 4.79 Å². The lowest BCUT2D eigenvalue weighted by atomic mass is 10.1. The van der Waals surface area contributed by atoms with Crippen molar-refractivity contribution in [2.75, 3.05) is 0 Å². The van der Waals surface area contributed by atoms with Crippen molar-refractivity contribution in [1.29, 1.82) is 0 Å². The highest BCUT2D eigenvalue weighted by molar-refractivity contribution is 5.98. The van der Waals surface area contributed by atoms with Crippen LogP contribution in [0.15, 0.2) is 23.4 Å². The molecule has 0 bridgehead atoms. The number of amidine groups is 1. The predicted molar refractivity (Wildman–Crippen MR) is 61.3 cm³/mol. The van der Waals surface area contributed by atoms with E-state index in [0.29, 0.717) is 12.5 Å². The molecule has 1 aromatic carbocycles. The number of carbonyl (C=O) groups is 1. The van der Waals surface area contributed by atoms with E-state index in [0.717, 1.165) is 12.1 Å². The van der Waals surface area contributed by atoms with Gasteiger partial charge in [-0.25, -0.2) is 8.78 Å². The number of hydrogen-bond acceptors (Lipinski definition) is 3. The van der Waals surface area contributed by atoms with Gasteiger partial charge in [-0.05, 0) is 18.6 Å². The van der Waals surface area contributed by atoms with E-state index in [1.165, 1.54) is 0 Å². The summed E-state index contributed by atoms with van der Waals surface area (Å²) in [5.41, 5.74) is 5.04. The van der Waals surface area contributed by atoms with Gasteiger partial charge in [-0.2, -0.15) is 0 Å². The Balaban J connectivity index is 2.88. The zero-order chi connectivity index (χ0) is 13.7. The first-order chi connectivity index (χ1) is 8.49. The topological polar surface area (TPSA) is 87.7 Å². The number of hydrogen-bond donors (Lipinski definition) is 3. The molecule has 0 saturated heterocycles. The molecule has 0 spiro atoms. The van der Waals surface area contributed by atoms with Crippen LogP contribution < -0.4 is 11.1 Å². The second-order valence-corrected chi connectivity index (χ2v) is 3.58. The van der Waals surface area contributed by atoms with E-state index in [2.05, 4.69) is 10.5 Å². The van der Waals surface area contributed by atoms with Gasteiger partial charge in [-0.15, -0.1) is 0 Å². The van der Waals surface area contributed by atoms with E-state index in [1.54, 1.807) is 6.92 Å². The van der Waals surface area contributed by atoms with E-state index in [1.807, 2.05) is 0 Å². The molecule has 1 amide bonds. The van der Waals surface area contributed by atoms with Gasteiger partial charge in [0.25, 0.3) is 5.91 Å². The third-order valence-electron chi connectivity index (χ3n) is 2.36. The van der Waals surface area contributed by atoms with Crippen molar-refractivity contribution in [2.45, 2.75) is 19.4 Å². The summed E-state index contributed by atoms with van der Waals surface area (Å²) in [6.45, 7) is 1.70. The van der Waals surface area contributed by atoms with Crippen LogP contribution in [0.3, 0.4) is 0 Å². The standard InChI is InChI=1S/C11H13F2N3O2/c1-2-9(10(14)16-18)15-11(17)7-4-3-6(12)5-8(7)13/h3-5,9,18H,2H2,1H3,(H2,14,16)(H,15,17). The summed E-state index contributed by atoms with van der Waals surface area (Å²) < 4.78 is 26.0. The van der Waals surface area contributed by atoms with Crippen molar-refractivity contribution in [3.8, 4) is 0 Å². The molecule has 1 atom stereocenters. The number of nitrogens with one attached hydrogen (secondary N) is 1. The van der Waals surface area contributed by atoms with Crippen LogP contribution in [0, 0.1) is 11.6 Å². The maximum Gasteiger partial charge on any atom is 0.254 e. The van der Waals surface area contributed by atoms with Crippen LogP contribution in [0.5, 0.6) is 0 Å². The Morgan fingerprint density at radius 1 is 1.56 bits per heavy atom. The zero-order valence-electron chi connectivity index (χ0n) is 9.65. The molecule has 4 N–H and O–H groups in total. The minimum atomic E-state index is -0.970. The summed E-state index contributed by atoms with van der Waals surface area (Å²) in [5.74, 6) is -2.69. The predicted octanol–water partition coefficient (Wildman–Crippen LogP) is 1.22. The van der Waals surface area contributed by atoms with Gasteiger partial charge in [0.15, 0.2) is 5.84 Å². The fourth-order valence-corrected chi connectivity index (χ4v) is 1.36.